The predicted molar refractivity (Wildman–Crippen MR) is 32.6 cm³/mol. The van der Waals surface area contributed by atoms with E-state index in [-0.39, 0.29) is 58.0 Å². The molecule has 1 saturated heterocycles. The fraction of sp³-hybridized carbons (Fsp3) is 0.600. The van der Waals surface area contributed by atoms with Crippen molar-refractivity contribution in [2.75, 3.05) is 13.2 Å². The van der Waals surface area contributed by atoms with Crippen LogP contribution in [0.2, 0.25) is 0 Å². The van der Waals surface area contributed by atoms with Crippen molar-refractivity contribution < 1.29 is 69.1 Å². The van der Waals surface area contributed by atoms with Crippen LogP contribution in [0.3, 0.4) is 0 Å². The van der Waals surface area contributed by atoms with Gasteiger partial charge in [0.1, 0.15) is 0 Å². The van der Waals surface area contributed by atoms with Crippen LogP contribution in [-0.2, 0) is 4.74 Å². The van der Waals surface area contributed by atoms with Crippen molar-refractivity contribution in [1.29, 1.82) is 0 Å². The van der Waals surface area contributed by atoms with E-state index < -0.39 is 6.98 Å². The van der Waals surface area contributed by atoms with Gasteiger partial charge in [-0.2, -0.15) is 0 Å². The van der Waals surface area contributed by atoms with E-state index in [4.69, 9.17) is 4.74 Å². The summed E-state index contributed by atoms with van der Waals surface area (Å²) >= 11 is 0. The fourth-order valence-corrected chi connectivity index (χ4v) is 0.877. The van der Waals surface area contributed by atoms with E-state index in [2.05, 4.69) is 0 Å². The molecular formula is C5H7BF3KO. The third-order valence-electron chi connectivity index (χ3n) is 1.28. The van der Waals surface area contributed by atoms with Gasteiger partial charge >= 0.3 is 58.4 Å². The van der Waals surface area contributed by atoms with E-state index in [0.717, 1.165) is 0 Å². The van der Waals surface area contributed by atoms with Crippen LogP contribution < -0.4 is 51.4 Å². The Hall–Kier alpha value is 1.19. The smallest absolute Gasteiger partial charge is 0.445 e. The summed E-state index contributed by atoms with van der Waals surface area (Å²) in [6.07, 6.45) is 0.432. The Bertz CT molecular complexity index is 148. The molecule has 0 aliphatic carbocycles. The van der Waals surface area contributed by atoms with Crippen molar-refractivity contribution in [3.05, 3.63) is 11.5 Å². The number of hydrogen-bond acceptors (Lipinski definition) is 1. The summed E-state index contributed by atoms with van der Waals surface area (Å²) in [6.45, 7) is -4.17. The van der Waals surface area contributed by atoms with Gasteiger partial charge in [-0.15, -0.1) is 5.98 Å². The van der Waals surface area contributed by atoms with Crippen molar-refractivity contribution >= 4 is 6.98 Å². The van der Waals surface area contributed by atoms with E-state index in [1.165, 1.54) is 0 Å². The topological polar surface area (TPSA) is 9.23 Å². The van der Waals surface area contributed by atoms with Gasteiger partial charge in [0, 0.05) is 0 Å². The maximum atomic E-state index is 11.6. The van der Waals surface area contributed by atoms with Gasteiger partial charge in [0.2, 0.25) is 0 Å². The van der Waals surface area contributed by atoms with E-state index in [0.29, 0.717) is 24.6 Å². The predicted octanol–water partition coefficient (Wildman–Crippen LogP) is -1.28. The van der Waals surface area contributed by atoms with E-state index >= 15 is 0 Å². The van der Waals surface area contributed by atoms with Crippen molar-refractivity contribution in [3.8, 4) is 0 Å². The summed E-state index contributed by atoms with van der Waals surface area (Å²) in [4.78, 5) is 0. The Morgan fingerprint density at radius 2 is 2.00 bits per heavy atom. The Morgan fingerprint density at radius 3 is 2.36 bits per heavy atom. The molecule has 0 aromatic rings. The quantitative estimate of drug-likeness (QED) is 0.468. The van der Waals surface area contributed by atoms with Gasteiger partial charge in [-0.3, -0.25) is 0 Å². The largest absolute Gasteiger partial charge is 1.00 e. The number of halogens is 3. The van der Waals surface area contributed by atoms with Gasteiger partial charge in [-0.05, 0) is 6.42 Å². The molecule has 11 heavy (non-hydrogen) atoms. The molecule has 0 N–H and O–H groups in total. The molecule has 1 rings (SSSR count). The van der Waals surface area contributed by atoms with Gasteiger partial charge in [-0.25, -0.2) is 0 Å². The first-order valence-electron chi connectivity index (χ1n) is 3.06. The van der Waals surface area contributed by atoms with Gasteiger partial charge in [-0.1, -0.05) is 5.57 Å². The molecule has 1 nitrogen and oxygen atoms in total. The summed E-state index contributed by atoms with van der Waals surface area (Å²) in [6, 6.07) is 0. The van der Waals surface area contributed by atoms with E-state index in [1.54, 1.807) is 0 Å². The third-order valence-corrected chi connectivity index (χ3v) is 1.28. The van der Waals surface area contributed by atoms with Gasteiger partial charge < -0.3 is 17.7 Å². The average molecular weight is 190 g/mol. The molecule has 1 heterocycles. The maximum Gasteiger partial charge on any atom is 1.00 e. The summed E-state index contributed by atoms with van der Waals surface area (Å²) in [5.41, 5.74) is 0.368. The van der Waals surface area contributed by atoms with Crippen LogP contribution in [0.1, 0.15) is 6.42 Å². The first-order valence-corrected chi connectivity index (χ1v) is 3.06. The Labute approximate surface area is 106 Å². The third kappa shape index (κ3) is 5.43. The summed E-state index contributed by atoms with van der Waals surface area (Å²) in [5.74, 6) is 0.382. The van der Waals surface area contributed by atoms with E-state index in [9.17, 15) is 12.9 Å². The summed E-state index contributed by atoms with van der Waals surface area (Å²) < 4.78 is 39.7. The molecule has 6 heteroatoms. The molecule has 1 fully saturated rings. The Morgan fingerprint density at radius 1 is 1.36 bits per heavy atom. The molecule has 0 amide bonds. The van der Waals surface area contributed by atoms with Crippen LogP contribution in [0.25, 0.3) is 0 Å². The minimum absolute atomic E-state index is 0. The van der Waals surface area contributed by atoms with Crippen LogP contribution >= 0.6 is 0 Å². The molecule has 58 valence electrons. The second-order valence-corrected chi connectivity index (χ2v) is 2.25. The summed E-state index contributed by atoms with van der Waals surface area (Å²) in [7, 11) is 0. The SMILES string of the molecule is F[B-](F)(F)C=C1CCOC1.[K+]. The van der Waals surface area contributed by atoms with Gasteiger partial charge in [0.15, 0.2) is 0 Å². The first kappa shape index (κ1) is 12.2. The van der Waals surface area contributed by atoms with E-state index in [1.807, 2.05) is 0 Å². The molecule has 0 spiro atoms. The van der Waals surface area contributed by atoms with Crippen LogP contribution in [-0.4, -0.2) is 20.2 Å². The second-order valence-electron chi connectivity index (χ2n) is 2.25. The molecule has 0 atom stereocenters. The molecule has 0 unspecified atom stereocenters. The summed E-state index contributed by atoms with van der Waals surface area (Å²) in [5, 5.41) is 0. The Kier molecular flexibility index (Phi) is 5.58. The van der Waals surface area contributed by atoms with Crippen LogP contribution in [0.4, 0.5) is 12.9 Å². The zero-order valence-electron chi connectivity index (χ0n) is 6.32. The second kappa shape index (κ2) is 5.04. The van der Waals surface area contributed by atoms with Crippen LogP contribution in [0.5, 0.6) is 0 Å². The number of hydrogen-bond donors (Lipinski definition) is 0. The molecule has 0 radical (unpaired) electrons. The molecule has 1 aliphatic heterocycles. The van der Waals surface area contributed by atoms with Gasteiger partial charge in [0.05, 0.1) is 13.2 Å². The maximum absolute atomic E-state index is 11.6. The molecule has 0 aromatic heterocycles. The molecule has 0 aromatic carbocycles. The number of ether oxygens (including phenoxy) is 1. The average Bonchev–Trinajstić information content (AvgIpc) is 2.12. The number of rotatable bonds is 1. The minimum atomic E-state index is -4.76. The Balaban J connectivity index is 0.000001000. The standard InChI is InChI=1S/C5H7BF3O.K/c7-6(8,9)3-5-1-2-10-4-5;/h3H,1-2,4H2;/q-1;+1. The van der Waals surface area contributed by atoms with Crippen LogP contribution in [0.15, 0.2) is 11.5 Å². The van der Waals surface area contributed by atoms with Crippen molar-refractivity contribution in [3.63, 3.8) is 0 Å². The van der Waals surface area contributed by atoms with Gasteiger partial charge in [0.25, 0.3) is 0 Å². The zero-order valence-corrected chi connectivity index (χ0v) is 9.44. The monoisotopic (exact) mass is 190 g/mol. The van der Waals surface area contributed by atoms with Crippen molar-refractivity contribution in [2.24, 2.45) is 0 Å². The first-order chi connectivity index (χ1) is 4.58. The molecular weight excluding hydrogens is 183 g/mol. The minimum Gasteiger partial charge on any atom is -0.445 e. The normalized spacial score (nSPS) is 21.9. The zero-order chi connectivity index (χ0) is 7.61. The van der Waals surface area contributed by atoms with Crippen LogP contribution in [0, 0.1) is 0 Å². The molecule has 1 aliphatic rings. The molecule has 0 bridgehead atoms. The van der Waals surface area contributed by atoms with Crippen molar-refractivity contribution in [2.45, 2.75) is 6.42 Å². The molecule has 0 saturated carbocycles. The van der Waals surface area contributed by atoms with Crippen molar-refractivity contribution in [1.82, 2.24) is 0 Å². The fourth-order valence-electron chi connectivity index (χ4n) is 0.877.